The van der Waals surface area contributed by atoms with Crippen LogP contribution in [0.1, 0.15) is 36.5 Å². The van der Waals surface area contributed by atoms with Gasteiger partial charge in [0.2, 0.25) is 5.91 Å². The predicted octanol–water partition coefficient (Wildman–Crippen LogP) is 3.57. The zero-order chi connectivity index (χ0) is 21.2. The number of carbonyl (C=O) groups excluding carboxylic acids is 1. The van der Waals surface area contributed by atoms with Crippen LogP contribution < -0.4 is 5.32 Å². The number of aromatic nitrogens is 1. The van der Waals surface area contributed by atoms with Crippen molar-refractivity contribution < 1.29 is 13.2 Å². The number of nitrogens with one attached hydrogen (secondary N) is 1. The van der Waals surface area contributed by atoms with E-state index in [1.807, 2.05) is 17.2 Å². The Balaban J connectivity index is 1.67. The van der Waals surface area contributed by atoms with Crippen LogP contribution in [0.2, 0.25) is 0 Å². The number of aryl methyl sites for hydroxylation is 3. The molecule has 158 valence electrons. The van der Waals surface area contributed by atoms with Crippen LogP contribution in [0.4, 0.5) is 5.13 Å². The van der Waals surface area contributed by atoms with Gasteiger partial charge < -0.3 is 5.32 Å². The minimum absolute atomic E-state index is 0.0734. The third-order valence-electron chi connectivity index (χ3n) is 5.45. The maximum absolute atomic E-state index is 12.6. The highest BCUT2D eigenvalue weighted by atomic mass is 32.2. The average Bonchev–Trinajstić information content (AvgIpc) is 3.24. The fraction of sp³-hybridized carbons (Fsp3) is 0.524. The Hall–Kier alpha value is -1.77. The van der Waals surface area contributed by atoms with Crippen LogP contribution >= 0.6 is 11.3 Å². The average molecular weight is 436 g/mol. The van der Waals surface area contributed by atoms with Crippen LogP contribution in [0.3, 0.4) is 0 Å². The van der Waals surface area contributed by atoms with E-state index < -0.39 is 9.84 Å². The molecule has 0 spiro atoms. The normalized spacial score (nSPS) is 18.3. The van der Waals surface area contributed by atoms with Crippen molar-refractivity contribution in [2.75, 3.05) is 29.9 Å². The van der Waals surface area contributed by atoms with E-state index in [4.69, 9.17) is 0 Å². The van der Waals surface area contributed by atoms with E-state index in [1.165, 1.54) is 22.5 Å². The van der Waals surface area contributed by atoms with E-state index in [0.29, 0.717) is 18.1 Å². The number of hydrogen-bond acceptors (Lipinski definition) is 6. The number of rotatable bonds is 7. The number of anilines is 1. The molecule has 0 aliphatic carbocycles. The predicted molar refractivity (Wildman–Crippen MR) is 119 cm³/mol. The summed E-state index contributed by atoms with van der Waals surface area (Å²) >= 11 is 1.41. The molecular weight excluding hydrogens is 406 g/mol. The molecule has 1 N–H and O–H groups in total. The molecule has 1 aromatic carbocycles. The smallest absolute Gasteiger partial charge is 0.240 e. The number of amides is 1. The first-order chi connectivity index (χ1) is 13.7. The summed E-state index contributed by atoms with van der Waals surface area (Å²) in [4.78, 5) is 19.2. The zero-order valence-corrected chi connectivity index (χ0v) is 19.1. The first kappa shape index (κ1) is 21.9. The Bertz CT molecular complexity index is 999. The summed E-state index contributed by atoms with van der Waals surface area (Å²) in [5.41, 5.74) is 5.56. The third kappa shape index (κ3) is 5.43. The van der Waals surface area contributed by atoms with Crippen molar-refractivity contribution in [1.29, 1.82) is 0 Å². The Morgan fingerprint density at radius 2 is 1.97 bits per heavy atom. The van der Waals surface area contributed by atoms with Gasteiger partial charge in [-0.25, -0.2) is 13.4 Å². The van der Waals surface area contributed by atoms with E-state index in [1.54, 1.807) is 0 Å². The van der Waals surface area contributed by atoms with Crippen molar-refractivity contribution in [3.8, 4) is 11.3 Å². The highest BCUT2D eigenvalue weighted by Crippen LogP contribution is 2.29. The van der Waals surface area contributed by atoms with Gasteiger partial charge in [0, 0.05) is 17.0 Å². The summed E-state index contributed by atoms with van der Waals surface area (Å²) in [5.74, 6) is 0.207. The van der Waals surface area contributed by atoms with Crippen LogP contribution in [0.25, 0.3) is 11.3 Å². The molecule has 1 aliphatic heterocycles. The molecule has 1 atom stereocenters. The van der Waals surface area contributed by atoms with Gasteiger partial charge in [0.25, 0.3) is 0 Å². The van der Waals surface area contributed by atoms with Crippen LogP contribution in [0.15, 0.2) is 17.5 Å². The lowest BCUT2D eigenvalue weighted by molar-refractivity contribution is -0.117. The summed E-state index contributed by atoms with van der Waals surface area (Å²) in [6.07, 6.45) is 1.47. The second kappa shape index (κ2) is 8.93. The van der Waals surface area contributed by atoms with E-state index in [9.17, 15) is 13.2 Å². The minimum Gasteiger partial charge on any atom is -0.301 e. The van der Waals surface area contributed by atoms with Gasteiger partial charge in [-0.05, 0) is 62.9 Å². The molecule has 0 radical (unpaired) electrons. The van der Waals surface area contributed by atoms with Crippen molar-refractivity contribution >= 4 is 32.2 Å². The molecule has 1 fully saturated rings. The van der Waals surface area contributed by atoms with Gasteiger partial charge in [0.15, 0.2) is 15.0 Å². The largest absolute Gasteiger partial charge is 0.301 e. The lowest BCUT2D eigenvalue weighted by Crippen LogP contribution is -2.42. The van der Waals surface area contributed by atoms with Crippen LogP contribution in [0, 0.1) is 20.8 Å². The molecule has 2 aromatic rings. The molecule has 1 unspecified atom stereocenters. The molecule has 1 aliphatic rings. The summed E-state index contributed by atoms with van der Waals surface area (Å²) in [6, 6.07) is 4.21. The zero-order valence-electron chi connectivity index (χ0n) is 17.5. The lowest BCUT2D eigenvalue weighted by atomic mass is 9.99. The minimum atomic E-state index is -2.98. The van der Waals surface area contributed by atoms with Crippen molar-refractivity contribution in [3.63, 3.8) is 0 Å². The number of sulfone groups is 1. The van der Waals surface area contributed by atoms with Crippen molar-refractivity contribution in [1.82, 2.24) is 9.88 Å². The van der Waals surface area contributed by atoms with Gasteiger partial charge in [-0.2, -0.15) is 0 Å². The second-order valence-corrected chi connectivity index (χ2v) is 11.0. The highest BCUT2D eigenvalue weighted by Gasteiger charge is 2.32. The number of carbonyl (C=O) groups is 1. The monoisotopic (exact) mass is 435 g/mol. The maximum atomic E-state index is 12.6. The van der Waals surface area contributed by atoms with Gasteiger partial charge in [0.1, 0.15) is 0 Å². The summed E-state index contributed by atoms with van der Waals surface area (Å²) in [7, 11) is -2.98. The van der Waals surface area contributed by atoms with E-state index >= 15 is 0 Å². The van der Waals surface area contributed by atoms with E-state index in [-0.39, 0.29) is 30.0 Å². The topological polar surface area (TPSA) is 79.4 Å². The van der Waals surface area contributed by atoms with Crippen LogP contribution in [-0.4, -0.2) is 54.8 Å². The SMILES string of the molecule is CCCN(CC(=O)Nc1nc(-c2cc(C)c(C)cc2C)cs1)C1CCS(=O)(=O)C1. The molecule has 29 heavy (non-hydrogen) atoms. The number of nitrogens with zero attached hydrogens (tertiary/aromatic N) is 2. The number of benzene rings is 1. The Labute approximate surface area is 177 Å². The molecule has 6 nitrogen and oxygen atoms in total. The van der Waals surface area contributed by atoms with E-state index in [0.717, 1.165) is 23.2 Å². The highest BCUT2D eigenvalue weighted by molar-refractivity contribution is 7.91. The van der Waals surface area contributed by atoms with Gasteiger partial charge in [-0.1, -0.05) is 13.0 Å². The standard InChI is InChI=1S/C21H29N3O3S2/c1-5-7-24(17-6-8-29(26,27)13-17)11-20(25)23-21-22-19(12-28-21)18-10-15(3)14(2)9-16(18)4/h9-10,12,17H,5-8,11,13H2,1-4H3,(H,22,23,25). The number of hydrogen-bond donors (Lipinski definition) is 1. The summed E-state index contributed by atoms with van der Waals surface area (Å²) < 4.78 is 23.6. The fourth-order valence-electron chi connectivity index (χ4n) is 3.78. The molecule has 2 heterocycles. The molecule has 1 amide bonds. The Morgan fingerprint density at radius 3 is 2.62 bits per heavy atom. The molecular formula is C21H29N3O3S2. The lowest BCUT2D eigenvalue weighted by Gasteiger charge is -2.26. The van der Waals surface area contributed by atoms with Crippen LogP contribution in [0.5, 0.6) is 0 Å². The molecule has 1 aromatic heterocycles. The van der Waals surface area contributed by atoms with Crippen molar-refractivity contribution in [2.45, 2.75) is 46.6 Å². The second-order valence-electron chi connectivity index (χ2n) is 7.86. The molecule has 1 saturated heterocycles. The maximum Gasteiger partial charge on any atom is 0.240 e. The van der Waals surface area contributed by atoms with Gasteiger partial charge >= 0.3 is 0 Å². The summed E-state index contributed by atoms with van der Waals surface area (Å²) in [5, 5.41) is 5.41. The van der Waals surface area contributed by atoms with Gasteiger partial charge in [0.05, 0.1) is 23.7 Å². The molecule has 3 rings (SSSR count). The van der Waals surface area contributed by atoms with Gasteiger partial charge in [-0.3, -0.25) is 9.69 Å². The Kier molecular flexibility index (Phi) is 6.76. The molecule has 0 bridgehead atoms. The van der Waals surface area contributed by atoms with Crippen LogP contribution in [-0.2, 0) is 14.6 Å². The third-order valence-corrected chi connectivity index (χ3v) is 7.96. The quantitative estimate of drug-likeness (QED) is 0.719. The first-order valence-electron chi connectivity index (χ1n) is 9.96. The fourth-order valence-corrected chi connectivity index (χ4v) is 6.26. The molecule has 0 saturated carbocycles. The van der Waals surface area contributed by atoms with Crippen molar-refractivity contribution in [2.24, 2.45) is 0 Å². The summed E-state index contributed by atoms with van der Waals surface area (Å²) in [6.45, 7) is 9.17. The Morgan fingerprint density at radius 1 is 1.24 bits per heavy atom. The first-order valence-corrected chi connectivity index (χ1v) is 12.7. The molecule has 8 heteroatoms. The number of thiazole rings is 1. The van der Waals surface area contributed by atoms with E-state index in [2.05, 4.69) is 43.2 Å². The van der Waals surface area contributed by atoms with Gasteiger partial charge in [-0.15, -0.1) is 11.3 Å². The van der Waals surface area contributed by atoms with Crippen molar-refractivity contribution in [3.05, 3.63) is 34.2 Å².